The predicted molar refractivity (Wildman–Crippen MR) is 58.6 cm³/mol. The van der Waals surface area contributed by atoms with E-state index in [2.05, 4.69) is 25.4 Å². The lowest BCUT2D eigenvalue weighted by atomic mass is 10.4. The van der Waals surface area contributed by atoms with E-state index in [1.807, 2.05) is 6.20 Å². The molecule has 2 aromatic rings. The number of fused-ring (bicyclic) bond motifs is 1. The van der Waals surface area contributed by atoms with Crippen molar-refractivity contribution < 1.29 is 0 Å². The highest BCUT2D eigenvalue weighted by molar-refractivity contribution is 7.16. The minimum atomic E-state index is 0.782. The second-order valence-corrected chi connectivity index (χ2v) is 4.59. The van der Waals surface area contributed by atoms with Crippen LogP contribution >= 0.6 is 11.3 Å². The van der Waals surface area contributed by atoms with Gasteiger partial charge in [0.25, 0.3) is 0 Å². The summed E-state index contributed by atoms with van der Waals surface area (Å²) in [5.74, 6) is 0.878. The summed E-state index contributed by atoms with van der Waals surface area (Å²) in [6, 6.07) is 0. The Morgan fingerprint density at radius 2 is 2.27 bits per heavy atom. The fourth-order valence-corrected chi connectivity index (χ4v) is 2.40. The topological polar surface area (TPSA) is 41.9 Å². The van der Waals surface area contributed by atoms with Crippen LogP contribution in [0.2, 0.25) is 0 Å². The minimum absolute atomic E-state index is 0.782. The van der Waals surface area contributed by atoms with Crippen LogP contribution in [-0.4, -0.2) is 32.9 Å². The van der Waals surface area contributed by atoms with Gasteiger partial charge in [-0.25, -0.2) is 15.0 Å². The number of nitrogens with zero attached hydrogens (tertiary/aromatic N) is 4. The minimum Gasteiger partial charge on any atom is -0.296 e. The van der Waals surface area contributed by atoms with Gasteiger partial charge in [-0.15, -0.1) is 11.3 Å². The molecule has 15 heavy (non-hydrogen) atoms. The predicted octanol–water partition coefficient (Wildman–Crippen LogP) is 1.48. The van der Waals surface area contributed by atoms with Gasteiger partial charge < -0.3 is 0 Å². The molecule has 0 saturated carbocycles. The van der Waals surface area contributed by atoms with Crippen molar-refractivity contribution in [1.29, 1.82) is 0 Å². The Morgan fingerprint density at radius 3 is 3.13 bits per heavy atom. The molecule has 1 aliphatic rings. The van der Waals surface area contributed by atoms with E-state index in [4.69, 9.17) is 0 Å². The third-order valence-corrected chi connectivity index (χ3v) is 3.35. The molecule has 0 unspecified atom stereocenters. The summed E-state index contributed by atoms with van der Waals surface area (Å²) < 4.78 is 1.01. The Kier molecular flexibility index (Phi) is 2.34. The second-order valence-electron chi connectivity index (χ2n) is 3.76. The Morgan fingerprint density at radius 1 is 1.40 bits per heavy atom. The van der Waals surface area contributed by atoms with Crippen molar-refractivity contribution in [3.63, 3.8) is 0 Å². The molecule has 0 aromatic carbocycles. The van der Waals surface area contributed by atoms with Crippen LogP contribution in [-0.2, 0) is 6.54 Å². The first kappa shape index (κ1) is 9.18. The molecular formula is C10H11N4S. The Balaban J connectivity index is 1.84. The Labute approximate surface area is 92.0 Å². The van der Waals surface area contributed by atoms with Crippen LogP contribution in [0.3, 0.4) is 0 Å². The standard InChI is InChI=1S/C10H11N4S/c1-2-4-14(3-1)6-9-11-5-8-10(13-9)12-7-15-8/h5H,1-4,6H2. The SMILES string of the molecule is [c]1nc2nc(CN3CCCC3)ncc2s1. The molecule has 0 atom stereocenters. The first-order chi connectivity index (χ1) is 7.42. The van der Waals surface area contributed by atoms with E-state index in [-0.39, 0.29) is 0 Å². The van der Waals surface area contributed by atoms with Gasteiger partial charge in [0.2, 0.25) is 0 Å². The van der Waals surface area contributed by atoms with Gasteiger partial charge in [0.15, 0.2) is 11.2 Å². The maximum absolute atomic E-state index is 4.41. The smallest absolute Gasteiger partial charge is 0.174 e. The molecule has 0 N–H and O–H groups in total. The highest BCUT2D eigenvalue weighted by Crippen LogP contribution is 2.15. The van der Waals surface area contributed by atoms with Crippen LogP contribution in [0.5, 0.6) is 0 Å². The second kappa shape index (κ2) is 3.83. The van der Waals surface area contributed by atoms with Crippen LogP contribution in [0.15, 0.2) is 6.20 Å². The van der Waals surface area contributed by atoms with Gasteiger partial charge in [-0.05, 0) is 25.9 Å². The summed E-state index contributed by atoms with van der Waals surface area (Å²) >= 11 is 1.46. The van der Waals surface area contributed by atoms with Crippen molar-refractivity contribution in [2.45, 2.75) is 19.4 Å². The number of thiazole rings is 1. The molecule has 0 amide bonds. The van der Waals surface area contributed by atoms with Gasteiger partial charge >= 0.3 is 0 Å². The number of hydrogen-bond acceptors (Lipinski definition) is 5. The van der Waals surface area contributed by atoms with Gasteiger partial charge in [-0.3, -0.25) is 4.90 Å². The molecule has 0 aliphatic carbocycles. The molecular weight excluding hydrogens is 208 g/mol. The summed E-state index contributed by atoms with van der Waals surface area (Å²) in [6.45, 7) is 3.20. The van der Waals surface area contributed by atoms with Gasteiger partial charge in [0.1, 0.15) is 5.82 Å². The number of likely N-dealkylation sites (tertiary alicyclic amines) is 1. The van der Waals surface area contributed by atoms with E-state index < -0.39 is 0 Å². The zero-order chi connectivity index (χ0) is 10.1. The number of rotatable bonds is 2. The van der Waals surface area contributed by atoms with Crippen LogP contribution in [0.4, 0.5) is 0 Å². The first-order valence-corrected chi connectivity index (χ1v) is 5.94. The van der Waals surface area contributed by atoms with E-state index in [0.717, 1.165) is 22.7 Å². The molecule has 0 spiro atoms. The van der Waals surface area contributed by atoms with E-state index in [1.54, 1.807) is 0 Å². The molecule has 4 nitrogen and oxygen atoms in total. The number of aromatic nitrogens is 3. The Bertz CT molecular complexity index is 461. The molecule has 2 aromatic heterocycles. The third-order valence-electron chi connectivity index (χ3n) is 2.66. The van der Waals surface area contributed by atoms with Gasteiger partial charge in [0.05, 0.1) is 17.4 Å². The maximum Gasteiger partial charge on any atom is 0.174 e. The third kappa shape index (κ3) is 1.85. The molecule has 0 bridgehead atoms. The van der Waals surface area contributed by atoms with Crippen molar-refractivity contribution in [1.82, 2.24) is 19.9 Å². The monoisotopic (exact) mass is 219 g/mol. The van der Waals surface area contributed by atoms with Gasteiger partial charge in [-0.1, -0.05) is 0 Å². The average Bonchev–Trinajstić information content (AvgIpc) is 2.87. The molecule has 3 rings (SSSR count). The molecule has 1 aliphatic heterocycles. The molecule has 77 valence electrons. The lowest BCUT2D eigenvalue weighted by Crippen LogP contribution is -2.19. The zero-order valence-corrected chi connectivity index (χ0v) is 9.13. The van der Waals surface area contributed by atoms with Crippen molar-refractivity contribution in [2.75, 3.05) is 13.1 Å². The summed E-state index contributed by atoms with van der Waals surface area (Å²) in [6.07, 6.45) is 4.45. The fourth-order valence-electron chi connectivity index (χ4n) is 1.88. The van der Waals surface area contributed by atoms with E-state index in [0.29, 0.717) is 0 Å². The summed E-state index contributed by atoms with van der Waals surface area (Å²) in [7, 11) is 0. The summed E-state index contributed by atoms with van der Waals surface area (Å²) in [5, 5.41) is 0. The largest absolute Gasteiger partial charge is 0.296 e. The maximum atomic E-state index is 4.41. The lowest BCUT2D eigenvalue weighted by molar-refractivity contribution is 0.323. The van der Waals surface area contributed by atoms with Crippen molar-refractivity contribution in [3.8, 4) is 0 Å². The molecule has 1 fully saturated rings. The summed E-state index contributed by atoms with van der Waals surface area (Å²) in [4.78, 5) is 15.2. The Hall–Kier alpha value is -1.07. The van der Waals surface area contributed by atoms with Crippen LogP contribution < -0.4 is 0 Å². The number of hydrogen-bond donors (Lipinski definition) is 0. The summed E-state index contributed by atoms with van der Waals surface area (Å²) in [5.41, 5.74) is 3.62. The van der Waals surface area contributed by atoms with Gasteiger partial charge in [-0.2, -0.15) is 0 Å². The van der Waals surface area contributed by atoms with Crippen molar-refractivity contribution in [2.24, 2.45) is 0 Å². The normalized spacial score (nSPS) is 17.6. The van der Waals surface area contributed by atoms with E-state index >= 15 is 0 Å². The average molecular weight is 219 g/mol. The molecule has 1 radical (unpaired) electrons. The van der Waals surface area contributed by atoms with E-state index in [1.165, 1.54) is 37.3 Å². The highest BCUT2D eigenvalue weighted by Gasteiger charge is 2.13. The first-order valence-electron chi connectivity index (χ1n) is 5.13. The fraction of sp³-hybridized carbons (Fsp3) is 0.500. The highest BCUT2D eigenvalue weighted by atomic mass is 32.1. The van der Waals surface area contributed by atoms with Crippen LogP contribution in [0.25, 0.3) is 10.3 Å². The molecule has 1 saturated heterocycles. The zero-order valence-electron chi connectivity index (χ0n) is 8.31. The molecule has 3 heterocycles. The van der Waals surface area contributed by atoms with Gasteiger partial charge in [0, 0.05) is 0 Å². The van der Waals surface area contributed by atoms with Crippen LogP contribution in [0, 0.1) is 5.51 Å². The quantitative estimate of drug-likeness (QED) is 0.767. The molecule has 5 heteroatoms. The van der Waals surface area contributed by atoms with Crippen molar-refractivity contribution in [3.05, 3.63) is 17.5 Å². The van der Waals surface area contributed by atoms with Crippen LogP contribution in [0.1, 0.15) is 18.7 Å². The lowest BCUT2D eigenvalue weighted by Gasteiger charge is -2.12. The van der Waals surface area contributed by atoms with E-state index in [9.17, 15) is 0 Å². The van der Waals surface area contributed by atoms with Crippen molar-refractivity contribution >= 4 is 21.7 Å².